The van der Waals surface area contributed by atoms with Gasteiger partial charge in [-0.2, -0.15) is 0 Å². The number of carbonyl (C=O) groups is 3. The molecule has 6 nitrogen and oxygen atoms in total. The van der Waals surface area contributed by atoms with Crippen LogP contribution in [-0.4, -0.2) is 49.4 Å². The molecule has 0 spiro atoms. The summed E-state index contributed by atoms with van der Waals surface area (Å²) in [6.07, 6.45) is 1.49. The van der Waals surface area contributed by atoms with Gasteiger partial charge in [-0.15, -0.1) is 0 Å². The molecule has 1 N–H and O–H groups in total. The SMILES string of the molecule is COCCCNC(=O)CCCN1C(=O)c2ccc(Br)cc2C1=O. The molecule has 2 rings (SSSR count). The van der Waals surface area contributed by atoms with Gasteiger partial charge in [-0.05, 0) is 31.0 Å². The lowest BCUT2D eigenvalue weighted by molar-refractivity contribution is -0.121. The standard InChI is InChI=1S/C16H19BrN2O4/c1-23-9-3-7-18-14(20)4-2-8-19-15(21)12-6-5-11(17)10-13(12)16(19)22/h5-6,10H,2-4,7-9H2,1H3,(H,18,20). The van der Waals surface area contributed by atoms with E-state index in [9.17, 15) is 14.4 Å². The highest BCUT2D eigenvalue weighted by molar-refractivity contribution is 9.10. The Morgan fingerprint density at radius 1 is 1.22 bits per heavy atom. The van der Waals surface area contributed by atoms with E-state index >= 15 is 0 Å². The highest BCUT2D eigenvalue weighted by atomic mass is 79.9. The fourth-order valence-electron chi connectivity index (χ4n) is 2.40. The molecule has 124 valence electrons. The van der Waals surface area contributed by atoms with Crippen LogP contribution in [0.4, 0.5) is 0 Å². The normalized spacial score (nSPS) is 13.4. The van der Waals surface area contributed by atoms with E-state index in [1.54, 1.807) is 25.3 Å². The fourth-order valence-corrected chi connectivity index (χ4v) is 2.76. The zero-order valence-corrected chi connectivity index (χ0v) is 14.5. The molecule has 0 unspecified atom stereocenters. The van der Waals surface area contributed by atoms with Gasteiger partial charge in [0.1, 0.15) is 0 Å². The van der Waals surface area contributed by atoms with Crippen molar-refractivity contribution in [2.45, 2.75) is 19.3 Å². The van der Waals surface area contributed by atoms with Gasteiger partial charge in [-0.3, -0.25) is 19.3 Å². The summed E-state index contributed by atoms with van der Waals surface area (Å²) in [4.78, 5) is 37.3. The topological polar surface area (TPSA) is 75.7 Å². The monoisotopic (exact) mass is 382 g/mol. The minimum Gasteiger partial charge on any atom is -0.385 e. The molecular weight excluding hydrogens is 364 g/mol. The largest absolute Gasteiger partial charge is 0.385 e. The van der Waals surface area contributed by atoms with Crippen LogP contribution in [0.15, 0.2) is 22.7 Å². The third-order valence-electron chi connectivity index (χ3n) is 3.57. The average molecular weight is 383 g/mol. The van der Waals surface area contributed by atoms with E-state index in [4.69, 9.17) is 4.74 Å². The van der Waals surface area contributed by atoms with E-state index in [2.05, 4.69) is 21.2 Å². The van der Waals surface area contributed by atoms with Gasteiger partial charge in [0.15, 0.2) is 0 Å². The molecule has 0 fully saturated rings. The molecular formula is C16H19BrN2O4. The van der Waals surface area contributed by atoms with E-state index in [1.165, 1.54) is 4.90 Å². The summed E-state index contributed by atoms with van der Waals surface area (Å²) in [5.74, 6) is -0.676. The number of imide groups is 1. The molecule has 1 aliphatic heterocycles. The molecule has 0 aromatic heterocycles. The summed E-state index contributed by atoms with van der Waals surface area (Å²) in [5.41, 5.74) is 0.829. The Kier molecular flexibility index (Phi) is 6.29. The van der Waals surface area contributed by atoms with Crippen molar-refractivity contribution in [2.24, 2.45) is 0 Å². The van der Waals surface area contributed by atoms with Crippen LogP contribution in [-0.2, 0) is 9.53 Å². The maximum atomic E-state index is 12.2. The molecule has 0 aliphatic carbocycles. The van der Waals surface area contributed by atoms with Gasteiger partial charge in [0.2, 0.25) is 5.91 Å². The zero-order chi connectivity index (χ0) is 16.8. The third-order valence-corrected chi connectivity index (χ3v) is 4.06. The number of carbonyl (C=O) groups excluding carboxylic acids is 3. The maximum Gasteiger partial charge on any atom is 0.261 e. The summed E-state index contributed by atoms with van der Waals surface area (Å²) >= 11 is 3.30. The number of ether oxygens (including phenoxy) is 1. The molecule has 0 saturated heterocycles. The van der Waals surface area contributed by atoms with E-state index in [0.717, 1.165) is 10.9 Å². The van der Waals surface area contributed by atoms with Crippen LogP contribution in [0.25, 0.3) is 0 Å². The summed E-state index contributed by atoms with van der Waals surface area (Å²) < 4.78 is 5.66. The van der Waals surface area contributed by atoms with Gasteiger partial charge in [-0.1, -0.05) is 15.9 Å². The first kappa shape index (κ1) is 17.6. The second-order valence-electron chi connectivity index (χ2n) is 5.25. The van der Waals surface area contributed by atoms with Crippen LogP contribution in [0.1, 0.15) is 40.0 Å². The number of methoxy groups -OCH3 is 1. The van der Waals surface area contributed by atoms with Crippen molar-refractivity contribution < 1.29 is 19.1 Å². The Labute approximate surface area is 143 Å². The van der Waals surface area contributed by atoms with Crippen molar-refractivity contribution in [3.8, 4) is 0 Å². The van der Waals surface area contributed by atoms with Gasteiger partial charge in [-0.25, -0.2) is 0 Å². The van der Waals surface area contributed by atoms with Gasteiger partial charge in [0, 0.05) is 37.7 Å². The van der Waals surface area contributed by atoms with E-state index in [-0.39, 0.29) is 30.7 Å². The molecule has 0 atom stereocenters. The van der Waals surface area contributed by atoms with Crippen molar-refractivity contribution in [1.29, 1.82) is 0 Å². The van der Waals surface area contributed by atoms with Crippen LogP contribution in [0, 0.1) is 0 Å². The third kappa shape index (κ3) is 4.39. The minimum absolute atomic E-state index is 0.0829. The zero-order valence-electron chi connectivity index (χ0n) is 12.9. The number of halogens is 1. The first-order valence-corrected chi connectivity index (χ1v) is 8.25. The molecule has 1 aromatic carbocycles. The van der Waals surface area contributed by atoms with Crippen molar-refractivity contribution >= 4 is 33.7 Å². The summed E-state index contributed by atoms with van der Waals surface area (Å²) in [5, 5.41) is 2.78. The summed E-state index contributed by atoms with van der Waals surface area (Å²) in [7, 11) is 1.61. The Morgan fingerprint density at radius 2 is 1.96 bits per heavy atom. The molecule has 1 aliphatic rings. The molecule has 1 aromatic rings. The van der Waals surface area contributed by atoms with E-state index in [0.29, 0.717) is 30.7 Å². The highest BCUT2D eigenvalue weighted by Crippen LogP contribution is 2.26. The first-order chi connectivity index (χ1) is 11.0. The van der Waals surface area contributed by atoms with Crippen LogP contribution < -0.4 is 5.32 Å². The lowest BCUT2D eigenvalue weighted by atomic mass is 10.1. The number of amides is 3. The molecule has 0 saturated carbocycles. The number of hydrogen-bond acceptors (Lipinski definition) is 4. The van der Waals surface area contributed by atoms with E-state index in [1.807, 2.05) is 0 Å². The number of hydrogen-bond donors (Lipinski definition) is 1. The molecule has 7 heteroatoms. The second kappa shape index (κ2) is 8.21. The number of benzene rings is 1. The molecule has 0 radical (unpaired) electrons. The molecule has 3 amide bonds. The molecule has 0 bridgehead atoms. The lowest BCUT2D eigenvalue weighted by Gasteiger charge is -2.13. The minimum atomic E-state index is -0.299. The van der Waals surface area contributed by atoms with Crippen molar-refractivity contribution in [3.63, 3.8) is 0 Å². The predicted octanol–water partition coefficient (Wildman–Crippen LogP) is 1.98. The first-order valence-electron chi connectivity index (χ1n) is 7.46. The Bertz CT molecular complexity index is 618. The number of nitrogens with one attached hydrogen (secondary N) is 1. The fraction of sp³-hybridized carbons (Fsp3) is 0.438. The van der Waals surface area contributed by atoms with Gasteiger partial charge in [0.25, 0.3) is 11.8 Å². The second-order valence-corrected chi connectivity index (χ2v) is 6.17. The number of fused-ring (bicyclic) bond motifs is 1. The molecule has 1 heterocycles. The van der Waals surface area contributed by atoms with Crippen molar-refractivity contribution in [2.75, 3.05) is 26.8 Å². The summed E-state index contributed by atoms with van der Waals surface area (Å²) in [6, 6.07) is 5.03. The Hall–Kier alpha value is -1.73. The molecule has 23 heavy (non-hydrogen) atoms. The van der Waals surface area contributed by atoms with Gasteiger partial charge in [0.05, 0.1) is 11.1 Å². The van der Waals surface area contributed by atoms with Gasteiger partial charge >= 0.3 is 0 Å². The van der Waals surface area contributed by atoms with Gasteiger partial charge < -0.3 is 10.1 Å². The maximum absolute atomic E-state index is 12.2. The Morgan fingerprint density at radius 3 is 2.70 bits per heavy atom. The summed E-state index contributed by atoms with van der Waals surface area (Å²) in [6.45, 7) is 1.41. The van der Waals surface area contributed by atoms with Crippen LogP contribution in [0.5, 0.6) is 0 Å². The van der Waals surface area contributed by atoms with Crippen LogP contribution >= 0.6 is 15.9 Å². The smallest absolute Gasteiger partial charge is 0.261 e. The quantitative estimate of drug-likeness (QED) is 0.550. The predicted molar refractivity (Wildman–Crippen MR) is 88.2 cm³/mol. The Balaban J connectivity index is 1.80. The van der Waals surface area contributed by atoms with Crippen molar-refractivity contribution in [3.05, 3.63) is 33.8 Å². The van der Waals surface area contributed by atoms with Crippen LogP contribution in [0.3, 0.4) is 0 Å². The van der Waals surface area contributed by atoms with E-state index < -0.39 is 0 Å². The number of nitrogens with zero attached hydrogens (tertiary/aromatic N) is 1. The average Bonchev–Trinajstić information content (AvgIpc) is 2.76. The van der Waals surface area contributed by atoms with Crippen LogP contribution in [0.2, 0.25) is 0 Å². The number of rotatable bonds is 8. The van der Waals surface area contributed by atoms with Crippen molar-refractivity contribution in [1.82, 2.24) is 10.2 Å². The highest BCUT2D eigenvalue weighted by Gasteiger charge is 2.35. The lowest BCUT2D eigenvalue weighted by Crippen LogP contribution is -2.32.